The predicted octanol–water partition coefficient (Wildman–Crippen LogP) is 4.34. The number of nitrogens with one attached hydrogen (secondary N) is 1. The van der Waals surface area contributed by atoms with Gasteiger partial charge in [-0.1, -0.05) is 36.4 Å². The SMILES string of the molecule is O=C(O)CNC(=O)c1ncc2cc(Oc3ccccc3)c(Oc3ccccc3)cc2c1O. The Morgan fingerprint density at radius 1 is 0.875 bits per heavy atom. The zero-order valence-corrected chi connectivity index (χ0v) is 16.7. The Morgan fingerprint density at radius 3 is 2.00 bits per heavy atom. The molecule has 0 aliphatic carbocycles. The van der Waals surface area contributed by atoms with Crippen molar-refractivity contribution in [2.75, 3.05) is 6.54 Å². The van der Waals surface area contributed by atoms with Crippen molar-refractivity contribution in [3.63, 3.8) is 0 Å². The monoisotopic (exact) mass is 430 g/mol. The lowest BCUT2D eigenvalue weighted by Gasteiger charge is -2.15. The number of hydrogen-bond donors (Lipinski definition) is 3. The van der Waals surface area contributed by atoms with Gasteiger partial charge in [0.05, 0.1) is 0 Å². The van der Waals surface area contributed by atoms with Crippen LogP contribution in [0.15, 0.2) is 79.0 Å². The minimum atomic E-state index is -1.21. The number of para-hydroxylation sites is 2. The zero-order chi connectivity index (χ0) is 22.5. The van der Waals surface area contributed by atoms with Crippen molar-refractivity contribution in [3.8, 4) is 28.7 Å². The molecule has 0 unspecified atom stereocenters. The van der Waals surface area contributed by atoms with Gasteiger partial charge in [-0.2, -0.15) is 0 Å². The molecule has 0 saturated heterocycles. The van der Waals surface area contributed by atoms with Crippen molar-refractivity contribution in [1.82, 2.24) is 10.3 Å². The Balaban J connectivity index is 1.78. The van der Waals surface area contributed by atoms with E-state index < -0.39 is 24.2 Å². The van der Waals surface area contributed by atoms with Gasteiger partial charge < -0.3 is 25.0 Å². The number of ether oxygens (including phenoxy) is 2. The lowest BCUT2D eigenvalue weighted by molar-refractivity contribution is -0.135. The van der Waals surface area contributed by atoms with Crippen LogP contribution in [0.3, 0.4) is 0 Å². The Hall–Kier alpha value is -4.59. The second kappa shape index (κ2) is 9.05. The number of carbonyl (C=O) groups is 2. The predicted molar refractivity (Wildman–Crippen MR) is 116 cm³/mol. The summed E-state index contributed by atoms with van der Waals surface area (Å²) in [5, 5.41) is 22.4. The summed E-state index contributed by atoms with van der Waals surface area (Å²) in [6.07, 6.45) is 1.40. The molecule has 1 aromatic heterocycles. The van der Waals surface area contributed by atoms with Crippen LogP contribution >= 0.6 is 0 Å². The number of rotatable bonds is 7. The second-order valence-corrected chi connectivity index (χ2v) is 6.75. The summed E-state index contributed by atoms with van der Waals surface area (Å²) in [7, 11) is 0. The van der Waals surface area contributed by atoms with Gasteiger partial charge >= 0.3 is 5.97 Å². The number of benzene rings is 3. The highest BCUT2D eigenvalue weighted by Gasteiger charge is 2.19. The molecule has 0 aliphatic heterocycles. The van der Waals surface area contributed by atoms with Crippen LogP contribution in [0, 0.1) is 0 Å². The molecule has 1 heterocycles. The standard InChI is InChI=1S/C24H18N2O6/c27-21(28)14-26-24(30)22-23(29)18-12-20(32-17-9-5-2-6-10-17)19(11-15(18)13-25-22)31-16-7-3-1-4-8-16/h1-13,29H,14H2,(H,26,30)(H,27,28). The van der Waals surface area contributed by atoms with Crippen LogP contribution in [-0.2, 0) is 4.79 Å². The quantitative estimate of drug-likeness (QED) is 0.399. The molecular weight excluding hydrogens is 412 g/mol. The van der Waals surface area contributed by atoms with E-state index in [0.29, 0.717) is 33.8 Å². The van der Waals surface area contributed by atoms with Crippen molar-refractivity contribution >= 4 is 22.6 Å². The fraction of sp³-hybridized carbons (Fsp3) is 0.0417. The molecule has 0 aliphatic rings. The lowest BCUT2D eigenvalue weighted by atomic mass is 10.1. The summed E-state index contributed by atoms with van der Waals surface area (Å²) in [5.41, 5.74) is -0.291. The van der Waals surface area contributed by atoms with Gasteiger partial charge in [-0.25, -0.2) is 4.98 Å². The molecule has 8 nitrogen and oxygen atoms in total. The molecule has 1 amide bonds. The van der Waals surface area contributed by atoms with Crippen LogP contribution in [0.4, 0.5) is 0 Å². The maximum Gasteiger partial charge on any atom is 0.322 e. The number of fused-ring (bicyclic) bond motifs is 1. The first-order valence-corrected chi connectivity index (χ1v) is 9.63. The number of carboxylic acid groups (broad SMARTS) is 1. The van der Waals surface area contributed by atoms with E-state index in [-0.39, 0.29) is 5.69 Å². The number of nitrogens with zero attached hydrogens (tertiary/aromatic N) is 1. The molecule has 0 saturated carbocycles. The molecule has 0 spiro atoms. The fourth-order valence-electron chi connectivity index (χ4n) is 3.01. The van der Waals surface area contributed by atoms with Crippen molar-refractivity contribution in [1.29, 1.82) is 0 Å². The van der Waals surface area contributed by atoms with Gasteiger partial charge in [-0.05, 0) is 36.4 Å². The Morgan fingerprint density at radius 2 is 1.44 bits per heavy atom. The van der Waals surface area contributed by atoms with E-state index >= 15 is 0 Å². The minimum absolute atomic E-state index is 0.291. The van der Waals surface area contributed by atoms with Crippen LogP contribution in [0.25, 0.3) is 10.8 Å². The largest absolute Gasteiger partial charge is 0.505 e. The average Bonchev–Trinajstić information content (AvgIpc) is 2.80. The van der Waals surface area contributed by atoms with E-state index in [2.05, 4.69) is 10.3 Å². The number of aromatic nitrogens is 1. The Kier molecular flexibility index (Phi) is 5.85. The molecule has 0 radical (unpaired) electrons. The van der Waals surface area contributed by atoms with Crippen LogP contribution < -0.4 is 14.8 Å². The molecule has 0 bridgehead atoms. The van der Waals surface area contributed by atoms with E-state index in [1.165, 1.54) is 6.20 Å². The highest BCUT2D eigenvalue weighted by atomic mass is 16.5. The van der Waals surface area contributed by atoms with Crippen LogP contribution in [0.1, 0.15) is 10.5 Å². The lowest BCUT2D eigenvalue weighted by Crippen LogP contribution is -2.29. The van der Waals surface area contributed by atoms with E-state index in [1.54, 1.807) is 36.4 Å². The molecule has 0 atom stereocenters. The number of carboxylic acids is 1. The molecule has 8 heteroatoms. The molecule has 3 aromatic carbocycles. The average molecular weight is 430 g/mol. The molecule has 160 valence electrons. The van der Waals surface area contributed by atoms with Gasteiger partial charge in [-0.3, -0.25) is 9.59 Å². The van der Waals surface area contributed by atoms with Gasteiger partial charge in [-0.15, -0.1) is 0 Å². The van der Waals surface area contributed by atoms with Crippen LogP contribution in [0.2, 0.25) is 0 Å². The maximum absolute atomic E-state index is 12.2. The first-order chi connectivity index (χ1) is 15.5. The summed E-state index contributed by atoms with van der Waals surface area (Å²) in [5.74, 6) is -0.566. The number of pyridine rings is 1. The van der Waals surface area contributed by atoms with Gasteiger partial charge in [0.2, 0.25) is 0 Å². The van der Waals surface area contributed by atoms with Crippen molar-refractivity contribution < 1.29 is 29.3 Å². The van der Waals surface area contributed by atoms with Crippen molar-refractivity contribution in [3.05, 3.63) is 84.7 Å². The number of hydrogen-bond acceptors (Lipinski definition) is 6. The Labute approximate surface area is 182 Å². The first-order valence-electron chi connectivity index (χ1n) is 9.63. The van der Waals surface area contributed by atoms with Gasteiger partial charge in [0.1, 0.15) is 18.0 Å². The smallest absolute Gasteiger partial charge is 0.322 e. The van der Waals surface area contributed by atoms with E-state index in [9.17, 15) is 14.7 Å². The van der Waals surface area contributed by atoms with Crippen LogP contribution in [-0.4, -0.2) is 33.6 Å². The highest BCUT2D eigenvalue weighted by Crippen LogP contribution is 2.41. The van der Waals surface area contributed by atoms with Crippen LogP contribution in [0.5, 0.6) is 28.7 Å². The molecule has 4 rings (SSSR count). The van der Waals surface area contributed by atoms with E-state index in [4.69, 9.17) is 14.6 Å². The third-order valence-electron chi connectivity index (χ3n) is 4.49. The maximum atomic E-state index is 12.2. The topological polar surface area (TPSA) is 118 Å². The summed E-state index contributed by atoms with van der Waals surface area (Å²) in [6, 6.07) is 21.4. The molecule has 0 fully saturated rings. The fourth-order valence-corrected chi connectivity index (χ4v) is 3.01. The molecule has 3 N–H and O–H groups in total. The van der Waals surface area contributed by atoms with Gasteiger partial charge in [0.25, 0.3) is 5.91 Å². The summed E-state index contributed by atoms with van der Waals surface area (Å²) in [6.45, 7) is -0.593. The summed E-state index contributed by atoms with van der Waals surface area (Å²) < 4.78 is 12.0. The molecule has 32 heavy (non-hydrogen) atoms. The Bertz CT molecular complexity index is 1280. The van der Waals surface area contributed by atoms with Crippen molar-refractivity contribution in [2.45, 2.75) is 0 Å². The van der Waals surface area contributed by atoms with Gasteiger partial charge in [0, 0.05) is 17.0 Å². The number of amides is 1. The molecular formula is C24H18N2O6. The first kappa shape index (κ1) is 20.7. The van der Waals surface area contributed by atoms with E-state index in [1.807, 2.05) is 36.4 Å². The zero-order valence-electron chi connectivity index (χ0n) is 16.7. The number of aromatic hydroxyl groups is 1. The summed E-state index contributed by atoms with van der Waals surface area (Å²) >= 11 is 0. The third kappa shape index (κ3) is 4.59. The summed E-state index contributed by atoms with van der Waals surface area (Å²) in [4.78, 5) is 26.9. The highest BCUT2D eigenvalue weighted by molar-refractivity contribution is 6.02. The second-order valence-electron chi connectivity index (χ2n) is 6.75. The number of aliphatic carboxylic acids is 1. The van der Waals surface area contributed by atoms with Crippen molar-refractivity contribution in [2.24, 2.45) is 0 Å². The van der Waals surface area contributed by atoms with Gasteiger partial charge in [0.15, 0.2) is 22.9 Å². The molecule has 4 aromatic rings. The van der Waals surface area contributed by atoms with E-state index in [0.717, 1.165) is 0 Å². The third-order valence-corrected chi connectivity index (χ3v) is 4.49. The minimum Gasteiger partial charge on any atom is -0.505 e. The number of carbonyl (C=O) groups excluding carboxylic acids is 1. The normalized spacial score (nSPS) is 10.5.